The summed E-state index contributed by atoms with van der Waals surface area (Å²) in [6, 6.07) is 3.23. The number of H-pyrrole nitrogens is 1. The van der Waals surface area contributed by atoms with Crippen LogP contribution in [-0.4, -0.2) is 21.3 Å². The number of aromatic nitrogens is 2. The van der Waals surface area contributed by atoms with Gasteiger partial charge in [-0.2, -0.15) is 5.10 Å². The summed E-state index contributed by atoms with van der Waals surface area (Å²) in [6.07, 6.45) is 1.59. The first kappa shape index (κ1) is 8.25. The van der Waals surface area contributed by atoms with Gasteiger partial charge in [-0.1, -0.05) is 0 Å². The van der Waals surface area contributed by atoms with Crippen molar-refractivity contribution in [1.29, 1.82) is 0 Å². The Bertz CT molecular complexity index is 478. The predicted molar refractivity (Wildman–Crippen MR) is 50.8 cm³/mol. The number of hydrogen-bond acceptors (Lipinski definition) is 2. The van der Waals surface area contributed by atoms with Gasteiger partial charge in [-0.05, 0) is 28.1 Å². The Kier molecular flexibility index (Phi) is 1.81. The van der Waals surface area contributed by atoms with Crippen molar-refractivity contribution in [3.05, 3.63) is 28.4 Å². The fourth-order valence-electron chi connectivity index (χ4n) is 1.15. The first-order valence-electron chi connectivity index (χ1n) is 3.55. The van der Waals surface area contributed by atoms with Gasteiger partial charge in [0.25, 0.3) is 0 Å². The number of carboxylic acid groups (broad SMARTS) is 1. The van der Waals surface area contributed by atoms with E-state index < -0.39 is 5.97 Å². The van der Waals surface area contributed by atoms with E-state index in [9.17, 15) is 4.79 Å². The number of nitrogens with zero attached hydrogens (tertiary/aromatic N) is 1. The summed E-state index contributed by atoms with van der Waals surface area (Å²) in [4.78, 5) is 10.7. The van der Waals surface area contributed by atoms with E-state index in [1.165, 1.54) is 6.07 Å². The summed E-state index contributed by atoms with van der Waals surface area (Å²) >= 11 is 3.22. The second-order valence-electron chi connectivity index (χ2n) is 2.56. The van der Waals surface area contributed by atoms with Crippen LogP contribution in [0.5, 0.6) is 0 Å². The van der Waals surface area contributed by atoms with E-state index >= 15 is 0 Å². The highest BCUT2D eigenvalue weighted by Gasteiger charge is 2.11. The van der Waals surface area contributed by atoms with Gasteiger partial charge in [0, 0.05) is 9.86 Å². The molecule has 1 aromatic carbocycles. The third-order valence-corrected chi connectivity index (χ3v) is 2.64. The largest absolute Gasteiger partial charge is 0.478 e. The van der Waals surface area contributed by atoms with Gasteiger partial charge in [-0.15, -0.1) is 0 Å². The van der Waals surface area contributed by atoms with Crippen LogP contribution in [0.3, 0.4) is 0 Å². The van der Waals surface area contributed by atoms with Crippen LogP contribution in [0.25, 0.3) is 10.9 Å². The number of carboxylic acids is 1. The standard InChI is InChI=1S/C8H5BrN2O2/c9-7-4(8(12)13)1-2-6-5(7)3-10-11-6/h1-3H,(H,10,11)(H,12,13). The Hall–Kier alpha value is -1.36. The van der Waals surface area contributed by atoms with Gasteiger partial charge in [0.15, 0.2) is 0 Å². The minimum atomic E-state index is -0.949. The molecule has 0 atom stereocenters. The Morgan fingerprint density at radius 1 is 1.54 bits per heavy atom. The molecule has 2 aromatic rings. The molecule has 66 valence electrons. The number of halogens is 1. The van der Waals surface area contributed by atoms with Crippen molar-refractivity contribution in [1.82, 2.24) is 10.2 Å². The van der Waals surface area contributed by atoms with Crippen molar-refractivity contribution >= 4 is 32.8 Å². The van der Waals surface area contributed by atoms with Crippen LogP contribution in [-0.2, 0) is 0 Å². The third-order valence-electron chi connectivity index (χ3n) is 1.79. The van der Waals surface area contributed by atoms with Crippen LogP contribution in [0.15, 0.2) is 22.8 Å². The molecule has 0 radical (unpaired) electrons. The third kappa shape index (κ3) is 1.21. The maximum atomic E-state index is 10.7. The molecule has 1 heterocycles. The fourth-order valence-corrected chi connectivity index (χ4v) is 1.77. The second-order valence-corrected chi connectivity index (χ2v) is 3.36. The topological polar surface area (TPSA) is 66.0 Å². The molecular formula is C8H5BrN2O2. The number of nitrogens with one attached hydrogen (secondary N) is 1. The molecule has 0 aliphatic heterocycles. The highest BCUT2D eigenvalue weighted by atomic mass is 79.9. The first-order valence-corrected chi connectivity index (χ1v) is 4.34. The van der Waals surface area contributed by atoms with E-state index in [1.807, 2.05) is 0 Å². The Labute approximate surface area is 81.7 Å². The number of carbonyl (C=O) groups is 1. The lowest BCUT2D eigenvalue weighted by molar-refractivity contribution is 0.0696. The smallest absolute Gasteiger partial charge is 0.336 e. The summed E-state index contributed by atoms with van der Waals surface area (Å²) < 4.78 is 0.561. The second kappa shape index (κ2) is 2.85. The number of hydrogen-bond donors (Lipinski definition) is 2. The van der Waals surface area contributed by atoms with Crippen LogP contribution in [0.2, 0.25) is 0 Å². The molecule has 13 heavy (non-hydrogen) atoms. The summed E-state index contributed by atoms with van der Waals surface area (Å²) in [7, 11) is 0. The number of fused-ring (bicyclic) bond motifs is 1. The predicted octanol–water partition coefficient (Wildman–Crippen LogP) is 2.02. The molecule has 2 rings (SSSR count). The van der Waals surface area contributed by atoms with Gasteiger partial charge in [-0.3, -0.25) is 5.10 Å². The van der Waals surface area contributed by atoms with Gasteiger partial charge in [0.2, 0.25) is 0 Å². The molecule has 0 amide bonds. The SMILES string of the molecule is O=C(O)c1ccc2[nH]ncc2c1Br. The molecule has 0 aliphatic carbocycles. The van der Waals surface area contributed by atoms with E-state index in [-0.39, 0.29) is 5.56 Å². The summed E-state index contributed by atoms with van der Waals surface area (Å²) in [5.41, 5.74) is 1.06. The van der Waals surface area contributed by atoms with Crippen LogP contribution >= 0.6 is 15.9 Å². The highest BCUT2D eigenvalue weighted by molar-refractivity contribution is 9.10. The van der Waals surface area contributed by atoms with Crippen molar-refractivity contribution in [2.45, 2.75) is 0 Å². The fraction of sp³-hybridized carbons (Fsp3) is 0. The van der Waals surface area contributed by atoms with Crippen LogP contribution in [0, 0.1) is 0 Å². The van der Waals surface area contributed by atoms with Crippen molar-refractivity contribution < 1.29 is 9.90 Å². The molecule has 0 unspecified atom stereocenters. The van der Waals surface area contributed by atoms with Gasteiger partial charge in [-0.25, -0.2) is 4.79 Å². The van der Waals surface area contributed by atoms with E-state index in [2.05, 4.69) is 26.1 Å². The molecule has 4 nitrogen and oxygen atoms in total. The molecule has 0 spiro atoms. The summed E-state index contributed by atoms with van der Waals surface area (Å²) in [5, 5.41) is 16.1. The molecule has 2 N–H and O–H groups in total. The number of aromatic carboxylic acids is 1. The number of benzene rings is 1. The van der Waals surface area contributed by atoms with Crippen molar-refractivity contribution in [3.63, 3.8) is 0 Å². The molecule has 1 aromatic heterocycles. The lowest BCUT2D eigenvalue weighted by Crippen LogP contribution is -1.96. The van der Waals surface area contributed by atoms with Gasteiger partial charge < -0.3 is 5.11 Å². The lowest BCUT2D eigenvalue weighted by atomic mass is 10.2. The molecule has 0 saturated carbocycles. The monoisotopic (exact) mass is 240 g/mol. The van der Waals surface area contributed by atoms with Crippen molar-refractivity contribution in [2.24, 2.45) is 0 Å². The summed E-state index contributed by atoms with van der Waals surface area (Å²) in [6.45, 7) is 0. The zero-order valence-electron chi connectivity index (χ0n) is 6.41. The molecular weight excluding hydrogens is 236 g/mol. The number of aromatic amines is 1. The van der Waals surface area contributed by atoms with Crippen LogP contribution in [0.1, 0.15) is 10.4 Å². The van der Waals surface area contributed by atoms with E-state index in [0.29, 0.717) is 4.47 Å². The van der Waals surface area contributed by atoms with Crippen LogP contribution < -0.4 is 0 Å². The Balaban J connectivity index is 2.80. The maximum Gasteiger partial charge on any atom is 0.336 e. The molecule has 0 aliphatic rings. The van der Waals surface area contributed by atoms with Crippen LogP contribution in [0.4, 0.5) is 0 Å². The Morgan fingerprint density at radius 3 is 3.00 bits per heavy atom. The quantitative estimate of drug-likeness (QED) is 0.802. The normalized spacial score (nSPS) is 10.5. The van der Waals surface area contributed by atoms with Gasteiger partial charge >= 0.3 is 5.97 Å². The van der Waals surface area contributed by atoms with E-state index in [4.69, 9.17) is 5.11 Å². The highest BCUT2D eigenvalue weighted by Crippen LogP contribution is 2.26. The summed E-state index contributed by atoms with van der Waals surface area (Å²) in [5.74, 6) is -0.949. The molecule has 5 heteroatoms. The zero-order valence-corrected chi connectivity index (χ0v) is 8.00. The van der Waals surface area contributed by atoms with E-state index in [0.717, 1.165) is 10.9 Å². The van der Waals surface area contributed by atoms with Crippen molar-refractivity contribution in [2.75, 3.05) is 0 Å². The minimum Gasteiger partial charge on any atom is -0.478 e. The average molecular weight is 241 g/mol. The molecule has 0 fully saturated rings. The maximum absolute atomic E-state index is 10.7. The van der Waals surface area contributed by atoms with E-state index in [1.54, 1.807) is 12.3 Å². The van der Waals surface area contributed by atoms with Crippen molar-refractivity contribution in [3.8, 4) is 0 Å². The zero-order chi connectivity index (χ0) is 9.42. The Morgan fingerprint density at radius 2 is 2.31 bits per heavy atom. The average Bonchev–Trinajstić information content (AvgIpc) is 2.52. The minimum absolute atomic E-state index is 0.244. The first-order chi connectivity index (χ1) is 6.20. The molecule has 0 bridgehead atoms. The van der Waals surface area contributed by atoms with Gasteiger partial charge in [0.1, 0.15) is 0 Å². The lowest BCUT2D eigenvalue weighted by Gasteiger charge is -1.98. The van der Waals surface area contributed by atoms with Gasteiger partial charge in [0.05, 0.1) is 17.3 Å². The molecule has 0 saturated heterocycles. The number of rotatable bonds is 1.